The molecule has 14 nitrogen and oxygen atoms in total. The van der Waals surface area contributed by atoms with Crippen LogP contribution in [0.25, 0.3) is 22.3 Å². The van der Waals surface area contributed by atoms with Gasteiger partial charge in [0.15, 0.2) is 0 Å². The Morgan fingerprint density at radius 3 is 1.29 bits per heavy atom. The van der Waals surface area contributed by atoms with Gasteiger partial charge in [-0.3, -0.25) is 4.79 Å². The van der Waals surface area contributed by atoms with Crippen molar-refractivity contribution < 1.29 is 57.8 Å². The minimum atomic E-state index is -0.927. The predicted molar refractivity (Wildman–Crippen MR) is 335 cm³/mol. The minimum absolute atomic E-state index is 0.00966. The van der Waals surface area contributed by atoms with Gasteiger partial charge in [-0.15, -0.1) is 0 Å². The topological polar surface area (TPSA) is 180 Å². The van der Waals surface area contributed by atoms with Crippen LogP contribution in [0.1, 0.15) is 110 Å². The fourth-order valence-corrected chi connectivity index (χ4v) is 14.6. The van der Waals surface area contributed by atoms with Crippen molar-refractivity contribution >= 4 is 18.2 Å². The molecule has 12 atom stereocenters. The highest BCUT2D eigenvalue weighted by molar-refractivity contribution is 5.80. The number of rotatable bonds is 19. The average Bonchev–Trinajstić information content (AvgIpc) is 2.65. The lowest BCUT2D eigenvalue weighted by Gasteiger charge is -2.24. The van der Waals surface area contributed by atoms with Crippen LogP contribution >= 0.6 is 0 Å². The van der Waals surface area contributed by atoms with E-state index in [4.69, 9.17) is 33.2 Å². The number of alkyl carbamates (subject to hydrolysis) is 2. The Balaban J connectivity index is 0.000000133. The first-order chi connectivity index (χ1) is 42.6. The molecule has 7 aliphatic rings. The van der Waals surface area contributed by atoms with E-state index in [0.29, 0.717) is 30.8 Å². The third-order valence-electron chi connectivity index (χ3n) is 19.6. The van der Waals surface area contributed by atoms with Gasteiger partial charge in [0.05, 0.1) is 62.7 Å². The first-order valence-corrected chi connectivity index (χ1v) is 31.5. The van der Waals surface area contributed by atoms with Gasteiger partial charge in [-0.1, -0.05) is 165 Å². The number of aliphatic hydroxyl groups excluding tert-OH is 1. The second-order valence-corrected chi connectivity index (χ2v) is 24.6. The number of benzene rings is 6. The fraction of sp³-hybridized carbons (Fsp3) is 0.466. The van der Waals surface area contributed by atoms with Crippen molar-refractivity contribution in [3.8, 4) is 22.3 Å². The van der Waals surface area contributed by atoms with E-state index in [1.807, 2.05) is 61.7 Å². The van der Waals surface area contributed by atoms with E-state index in [0.717, 1.165) is 79.3 Å². The largest absolute Gasteiger partial charge is 0.481 e. The van der Waals surface area contributed by atoms with Crippen LogP contribution in [-0.2, 0) is 51.2 Å². The summed E-state index contributed by atoms with van der Waals surface area (Å²) in [4.78, 5) is 36.3. The van der Waals surface area contributed by atoms with Gasteiger partial charge in [0.2, 0.25) is 0 Å². The number of fused-ring (bicyclic) bond motifs is 7. The smallest absolute Gasteiger partial charge is 0.407 e. The molecule has 5 fully saturated rings. The van der Waals surface area contributed by atoms with Crippen molar-refractivity contribution in [2.75, 3.05) is 54.4 Å². The number of nitrogens with one attached hydrogen (secondary N) is 2. The molecule has 14 heteroatoms. The summed E-state index contributed by atoms with van der Waals surface area (Å²) in [5.74, 6) is 2.69. The van der Waals surface area contributed by atoms with Crippen molar-refractivity contribution in [3.05, 3.63) is 191 Å². The molecular weight excluding hydrogens is 1100 g/mol. The van der Waals surface area contributed by atoms with E-state index >= 15 is 0 Å². The number of methoxy groups -OCH3 is 3. The molecule has 0 aliphatic heterocycles. The molecule has 0 bridgehead atoms. The molecule has 6 aromatic carbocycles. The molecule has 2 amide bonds. The molecular formula is C73H88N2O12. The van der Waals surface area contributed by atoms with E-state index in [9.17, 15) is 24.6 Å². The molecule has 7 aliphatic carbocycles. The lowest BCUT2D eigenvalue weighted by molar-refractivity contribution is -0.142. The first kappa shape index (κ1) is 63.1. The summed E-state index contributed by atoms with van der Waals surface area (Å²) in [5, 5.41) is 24.5. The van der Waals surface area contributed by atoms with Crippen LogP contribution in [0, 0.1) is 41.4 Å². The summed E-state index contributed by atoms with van der Waals surface area (Å²) < 4.78 is 39.0. The lowest BCUT2D eigenvalue weighted by atomic mass is 9.98. The van der Waals surface area contributed by atoms with E-state index in [1.165, 1.54) is 72.6 Å². The van der Waals surface area contributed by atoms with E-state index in [-0.39, 0.29) is 55.8 Å². The number of hydrogen-bond acceptors (Lipinski definition) is 11. The zero-order valence-electron chi connectivity index (χ0n) is 50.9. The summed E-state index contributed by atoms with van der Waals surface area (Å²) >= 11 is 0. The summed E-state index contributed by atoms with van der Waals surface area (Å²) in [7, 11) is 4.98. The third-order valence-corrected chi connectivity index (χ3v) is 19.6. The molecule has 0 spiro atoms. The number of carbonyl (C=O) groups excluding carboxylic acids is 2. The van der Waals surface area contributed by atoms with Gasteiger partial charge in [-0.05, 0) is 143 Å². The van der Waals surface area contributed by atoms with Crippen molar-refractivity contribution in [2.24, 2.45) is 41.4 Å². The Morgan fingerprint density at radius 2 is 0.862 bits per heavy atom. The Bertz CT molecular complexity index is 3060. The Morgan fingerprint density at radius 1 is 0.460 bits per heavy atom. The number of hydrogen-bond donors (Lipinski definition) is 4. The monoisotopic (exact) mass is 1180 g/mol. The predicted octanol–water partition coefficient (Wildman–Crippen LogP) is 13.2. The maximum absolute atomic E-state index is 12.4. The van der Waals surface area contributed by atoms with Crippen LogP contribution in [0.15, 0.2) is 158 Å². The molecule has 5 saturated carbocycles. The van der Waals surface area contributed by atoms with Crippen molar-refractivity contribution in [2.45, 2.75) is 120 Å². The fourth-order valence-electron chi connectivity index (χ4n) is 14.6. The third kappa shape index (κ3) is 15.7. The number of carboxylic acid groups (broad SMARTS) is 1. The van der Waals surface area contributed by atoms with Gasteiger partial charge < -0.3 is 54.0 Å². The van der Waals surface area contributed by atoms with Gasteiger partial charge in [-0.2, -0.15) is 0 Å². The molecule has 0 radical (unpaired) electrons. The summed E-state index contributed by atoms with van der Waals surface area (Å²) in [6.07, 6.45) is 8.47. The van der Waals surface area contributed by atoms with E-state index < -0.39 is 30.1 Å². The van der Waals surface area contributed by atoms with Gasteiger partial charge in [-0.25, -0.2) is 9.59 Å². The number of aliphatic carboxylic acids is 1. The second-order valence-electron chi connectivity index (χ2n) is 24.6. The SMILES string of the molecule is CO[C@H]1CC[C@@H](C(=O)O)[C@@H]1NC(=O)OCC1c2ccccc2-c2ccccc21.CO[C@H]1CC[C@@H](CO)[C@@H]1NC(=O)OCC1c2ccccc2-c2ccccc21.CO[C@H]1CC[C@@H](COCc2ccccc2)[C@@H]1C.c1ccc(COC[C@@H]2CC[C@H]3C[C@@H]23)cc1. The Kier molecular flexibility index (Phi) is 22.4. The van der Waals surface area contributed by atoms with Crippen LogP contribution in [0.2, 0.25) is 0 Å². The van der Waals surface area contributed by atoms with Crippen LogP contribution < -0.4 is 10.6 Å². The molecule has 87 heavy (non-hydrogen) atoms. The van der Waals surface area contributed by atoms with Crippen LogP contribution in [0.4, 0.5) is 9.59 Å². The zero-order chi connectivity index (χ0) is 60.7. The van der Waals surface area contributed by atoms with Crippen LogP contribution in [0.5, 0.6) is 0 Å². The number of ether oxygens (including phenoxy) is 7. The van der Waals surface area contributed by atoms with Crippen LogP contribution in [0.3, 0.4) is 0 Å². The maximum atomic E-state index is 12.4. The molecule has 0 aromatic heterocycles. The van der Waals surface area contributed by atoms with E-state index in [1.54, 1.807) is 7.11 Å². The highest BCUT2D eigenvalue weighted by Crippen LogP contribution is 2.55. The molecule has 0 heterocycles. The van der Waals surface area contributed by atoms with Crippen molar-refractivity contribution in [1.82, 2.24) is 10.6 Å². The van der Waals surface area contributed by atoms with Gasteiger partial charge in [0.1, 0.15) is 13.2 Å². The molecule has 0 saturated heterocycles. The quantitative estimate of drug-likeness (QED) is 0.0604. The number of carboxylic acids is 1. The Hall–Kier alpha value is -6.91. The minimum Gasteiger partial charge on any atom is -0.481 e. The second kappa shape index (κ2) is 30.8. The molecule has 6 aromatic rings. The zero-order valence-corrected chi connectivity index (χ0v) is 50.9. The van der Waals surface area contributed by atoms with Gasteiger partial charge in [0.25, 0.3) is 0 Å². The molecule has 0 unspecified atom stereocenters. The highest BCUT2D eigenvalue weighted by Gasteiger charge is 2.48. The number of carbonyl (C=O) groups is 3. The van der Waals surface area contributed by atoms with Crippen molar-refractivity contribution in [3.63, 3.8) is 0 Å². The van der Waals surface area contributed by atoms with Crippen LogP contribution in [-0.4, -0.2) is 113 Å². The number of aliphatic hydroxyl groups is 1. The molecule has 4 N–H and O–H groups in total. The summed E-state index contributed by atoms with van der Waals surface area (Å²) in [6.45, 7) is 6.14. The highest BCUT2D eigenvalue weighted by atomic mass is 16.6. The van der Waals surface area contributed by atoms with E-state index in [2.05, 4.69) is 121 Å². The van der Waals surface area contributed by atoms with Crippen molar-refractivity contribution in [1.29, 1.82) is 0 Å². The normalized spacial score (nSPS) is 26.0. The average molecular weight is 1190 g/mol. The summed E-state index contributed by atoms with van der Waals surface area (Å²) in [5.41, 5.74) is 11.9. The molecule has 13 rings (SSSR count). The van der Waals surface area contributed by atoms with Gasteiger partial charge >= 0.3 is 18.2 Å². The van der Waals surface area contributed by atoms with Gasteiger partial charge in [0, 0.05) is 45.7 Å². The Labute approximate surface area is 513 Å². The maximum Gasteiger partial charge on any atom is 0.407 e. The number of amides is 2. The summed E-state index contributed by atoms with van der Waals surface area (Å²) in [6, 6.07) is 52.8. The lowest BCUT2D eigenvalue weighted by Crippen LogP contribution is -2.47. The molecule has 462 valence electrons. The first-order valence-electron chi connectivity index (χ1n) is 31.5. The standard InChI is InChI=1S/C22H23NO5.C22H25NO4.C15H22O2.C14H18O/c1-27-19-11-10-17(21(24)25)20(19)23-22(26)28-12-18-15-8-4-2-6-13(15)14-7-3-5-9-16(14)18;1-26-20-11-10-14(12-24)21(20)23-22(25)27-13-19-17-8-4-2-6-15(17)16-7-3-5-9-18(16)19;1-12-14(8-9-15(12)16-2)11-17-10-13-6-4-3-5-7-13;1-2-4-11(5-3-1)9-15-10-13-7-6-12-8-14(12)13/h2-9,17-20H,10-12H2,1H3,(H,23,26)(H,24,25);2-9,14,19-21,24H,10-13H2,1H3,(H,23,25);3-7,12,14-15H,8-11H2,1-2H3;1-5,12-14H,6-10H2/t17-,19+,20+;14-,20-,21-;12-,14-,15-;12-,13-,14+/m1000/s1.